The molecule has 0 unspecified atom stereocenters. The lowest BCUT2D eigenvalue weighted by Crippen LogP contribution is -2.15. The average molecular weight is 354 g/mol. The van der Waals surface area contributed by atoms with E-state index in [1.54, 1.807) is 37.6 Å². The van der Waals surface area contributed by atoms with Gasteiger partial charge in [-0.25, -0.2) is 9.97 Å². The average Bonchev–Trinajstić information content (AvgIpc) is 3.20. The molecule has 8 heteroatoms. The Morgan fingerprint density at radius 3 is 2.73 bits per heavy atom. The Bertz CT molecular complexity index is 881. The van der Waals surface area contributed by atoms with Crippen LogP contribution in [-0.2, 0) is 6.54 Å². The summed E-state index contributed by atoms with van der Waals surface area (Å²) in [5.41, 5.74) is 0.799. The van der Waals surface area contributed by atoms with E-state index in [0.717, 1.165) is 5.76 Å². The lowest BCUT2D eigenvalue weighted by atomic mass is 10.2. The van der Waals surface area contributed by atoms with Gasteiger partial charge in [0, 0.05) is 18.0 Å². The van der Waals surface area contributed by atoms with Crippen LogP contribution < -0.4 is 20.1 Å². The predicted octanol–water partition coefficient (Wildman–Crippen LogP) is 2.95. The van der Waals surface area contributed by atoms with Crippen LogP contribution in [0.2, 0.25) is 0 Å². The van der Waals surface area contributed by atoms with Gasteiger partial charge in [-0.3, -0.25) is 4.79 Å². The molecular weight excluding hydrogens is 336 g/mol. The first-order valence-corrected chi connectivity index (χ1v) is 7.82. The highest BCUT2D eigenvalue weighted by Gasteiger charge is 2.11. The number of carbonyl (C=O) groups is 1. The van der Waals surface area contributed by atoms with Crippen molar-refractivity contribution < 1.29 is 18.7 Å². The van der Waals surface area contributed by atoms with Gasteiger partial charge in [0.15, 0.2) is 11.5 Å². The molecule has 0 aliphatic carbocycles. The first-order valence-electron chi connectivity index (χ1n) is 7.82. The van der Waals surface area contributed by atoms with Crippen LogP contribution in [-0.4, -0.2) is 30.1 Å². The number of anilines is 2. The van der Waals surface area contributed by atoms with Crippen molar-refractivity contribution in [3.8, 4) is 11.5 Å². The molecule has 3 rings (SSSR count). The highest BCUT2D eigenvalue weighted by atomic mass is 16.5. The first-order chi connectivity index (χ1) is 12.7. The maximum atomic E-state index is 12.4. The Labute approximate surface area is 150 Å². The maximum Gasteiger partial charge on any atom is 0.274 e. The molecule has 134 valence electrons. The summed E-state index contributed by atoms with van der Waals surface area (Å²) in [7, 11) is 3.08. The summed E-state index contributed by atoms with van der Waals surface area (Å²) >= 11 is 0. The number of amides is 1. The molecule has 0 fully saturated rings. The summed E-state index contributed by atoms with van der Waals surface area (Å²) < 4.78 is 15.6. The van der Waals surface area contributed by atoms with Crippen LogP contribution in [0.4, 0.5) is 11.6 Å². The minimum Gasteiger partial charge on any atom is -0.493 e. The van der Waals surface area contributed by atoms with Gasteiger partial charge in [0.25, 0.3) is 5.91 Å². The first kappa shape index (κ1) is 17.3. The van der Waals surface area contributed by atoms with Gasteiger partial charge in [0.2, 0.25) is 5.95 Å². The molecule has 3 aromatic rings. The molecule has 0 aliphatic heterocycles. The van der Waals surface area contributed by atoms with E-state index in [0.29, 0.717) is 29.7 Å². The fourth-order valence-electron chi connectivity index (χ4n) is 2.26. The zero-order valence-corrected chi connectivity index (χ0v) is 14.4. The molecule has 0 bridgehead atoms. The van der Waals surface area contributed by atoms with E-state index in [4.69, 9.17) is 13.9 Å². The van der Waals surface area contributed by atoms with Gasteiger partial charge in [-0.1, -0.05) is 0 Å². The van der Waals surface area contributed by atoms with Crippen molar-refractivity contribution >= 4 is 17.5 Å². The maximum absolute atomic E-state index is 12.4. The zero-order valence-electron chi connectivity index (χ0n) is 14.4. The molecule has 8 nitrogen and oxygen atoms in total. The molecule has 2 aromatic heterocycles. The van der Waals surface area contributed by atoms with Gasteiger partial charge in [-0.2, -0.15) is 0 Å². The second-order valence-corrected chi connectivity index (χ2v) is 5.22. The van der Waals surface area contributed by atoms with Crippen LogP contribution in [0.1, 0.15) is 16.2 Å². The number of hydrogen-bond donors (Lipinski definition) is 2. The van der Waals surface area contributed by atoms with Crippen LogP contribution in [0.25, 0.3) is 0 Å². The van der Waals surface area contributed by atoms with Crippen molar-refractivity contribution in [3.05, 3.63) is 60.3 Å². The zero-order chi connectivity index (χ0) is 18.4. The molecule has 0 aliphatic rings. The second-order valence-electron chi connectivity index (χ2n) is 5.22. The lowest BCUT2D eigenvalue weighted by molar-refractivity contribution is 0.102. The van der Waals surface area contributed by atoms with Crippen molar-refractivity contribution in [1.82, 2.24) is 9.97 Å². The van der Waals surface area contributed by atoms with Crippen LogP contribution in [0.5, 0.6) is 11.5 Å². The summed E-state index contributed by atoms with van der Waals surface area (Å²) in [5.74, 6) is 1.82. The van der Waals surface area contributed by atoms with E-state index >= 15 is 0 Å². The van der Waals surface area contributed by atoms with E-state index in [1.807, 2.05) is 6.07 Å². The fourth-order valence-corrected chi connectivity index (χ4v) is 2.26. The monoisotopic (exact) mass is 354 g/mol. The second kappa shape index (κ2) is 8.02. The van der Waals surface area contributed by atoms with Crippen LogP contribution in [0.15, 0.2) is 53.3 Å². The van der Waals surface area contributed by atoms with Gasteiger partial charge in [0.1, 0.15) is 11.5 Å². The Morgan fingerprint density at radius 2 is 2.00 bits per heavy atom. The number of aromatic nitrogens is 2. The van der Waals surface area contributed by atoms with Gasteiger partial charge in [0.05, 0.1) is 27.0 Å². The molecule has 0 saturated heterocycles. The standard InChI is InChI=1S/C18H18N4O4/c1-24-15-6-5-12(10-16(15)25-2)21-17(23)14-7-8-19-18(22-14)20-11-13-4-3-9-26-13/h3-10H,11H2,1-2H3,(H,21,23)(H,19,20,22). The normalized spacial score (nSPS) is 10.2. The van der Waals surface area contributed by atoms with E-state index < -0.39 is 0 Å². The Hall–Kier alpha value is -3.55. The number of nitrogens with zero attached hydrogens (tertiary/aromatic N) is 2. The number of nitrogens with one attached hydrogen (secondary N) is 2. The Kier molecular flexibility index (Phi) is 5.33. The van der Waals surface area contributed by atoms with Crippen molar-refractivity contribution in [2.24, 2.45) is 0 Å². The minimum absolute atomic E-state index is 0.233. The topological polar surface area (TPSA) is 98.5 Å². The van der Waals surface area contributed by atoms with E-state index in [1.165, 1.54) is 19.4 Å². The summed E-state index contributed by atoms with van der Waals surface area (Å²) in [6.45, 7) is 0.424. The van der Waals surface area contributed by atoms with Crippen molar-refractivity contribution in [2.75, 3.05) is 24.9 Å². The molecule has 0 atom stereocenters. The third-order valence-corrected chi connectivity index (χ3v) is 3.53. The third-order valence-electron chi connectivity index (χ3n) is 3.53. The Morgan fingerprint density at radius 1 is 1.15 bits per heavy atom. The van der Waals surface area contributed by atoms with Crippen LogP contribution in [0.3, 0.4) is 0 Å². The minimum atomic E-state index is -0.360. The highest BCUT2D eigenvalue weighted by molar-refractivity contribution is 6.03. The van der Waals surface area contributed by atoms with Crippen molar-refractivity contribution in [1.29, 1.82) is 0 Å². The van der Waals surface area contributed by atoms with E-state index in [9.17, 15) is 4.79 Å². The Balaban J connectivity index is 1.68. The molecule has 1 amide bonds. The summed E-state index contributed by atoms with van der Waals surface area (Å²) in [5, 5.41) is 5.78. The SMILES string of the molecule is COc1ccc(NC(=O)c2ccnc(NCc3ccco3)n2)cc1OC. The number of carbonyl (C=O) groups excluding carboxylic acids is 1. The molecule has 26 heavy (non-hydrogen) atoms. The molecule has 1 aromatic carbocycles. The highest BCUT2D eigenvalue weighted by Crippen LogP contribution is 2.29. The number of benzene rings is 1. The van der Waals surface area contributed by atoms with Crippen LogP contribution >= 0.6 is 0 Å². The summed E-state index contributed by atoms with van der Waals surface area (Å²) in [4.78, 5) is 20.7. The van der Waals surface area contributed by atoms with E-state index in [2.05, 4.69) is 20.6 Å². The number of ether oxygens (including phenoxy) is 2. The quantitative estimate of drug-likeness (QED) is 0.673. The van der Waals surface area contributed by atoms with Gasteiger partial charge >= 0.3 is 0 Å². The van der Waals surface area contributed by atoms with E-state index in [-0.39, 0.29) is 11.6 Å². The third kappa shape index (κ3) is 4.10. The molecule has 2 heterocycles. The van der Waals surface area contributed by atoms with Gasteiger partial charge < -0.3 is 24.5 Å². The van der Waals surface area contributed by atoms with Gasteiger partial charge in [-0.15, -0.1) is 0 Å². The molecule has 0 radical (unpaired) electrons. The number of hydrogen-bond acceptors (Lipinski definition) is 7. The van der Waals surface area contributed by atoms with Crippen molar-refractivity contribution in [2.45, 2.75) is 6.54 Å². The largest absolute Gasteiger partial charge is 0.493 e. The molecular formula is C18H18N4O4. The molecule has 0 spiro atoms. The smallest absolute Gasteiger partial charge is 0.274 e. The summed E-state index contributed by atoms with van der Waals surface area (Å²) in [6, 6.07) is 10.3. The molecule has 0 saturated carbocycles. The number of methoxy groups -OCH3 is 2. The molecule has 2 N–H and O–H groups in total. The number of furan rings is 1. The fraction of sp³-hybridized carbons (Fsp3) is 0.167. The summed E-state index contributed by atoms with van der Waals surface area (Å²) in [6.07, 6.45) is 3.10. The lowest BCUT2D eigenvalue weighted by Gasteiger charge is -2.10. The number of rotatable bonds is 7. The predicted molar refractivity (Wildman–Crippen MR) is 95.6 cm³/mol. The van der Waals surface area contributed by atoms with Gasteiger partial charge in [-0.05, 0) is 30.3 Å². The van der Waals surface area contributed by atoms with Crippen LogP contribution in [0, 0.1) is 0 Å². The van der Waals surface area contributed by atoms with Crippen molar-refractivity contribution in [3.63, 3.8) is 0 Å².